The number of halogens is 3. The van der Waals surface area contributed by atoms with Crippen molar-refractivity contribution in [3.63, 3.8) is 0 Å². The minimum atomic E-state index is -0.541. The number of fused-ring (bicyclic) bond motifs is 1. The summed E-state index contributed by atoms with van der Waals surface area (Å²) in [5, 5.41) is 0. The molecule has 0 bridgehead atoms. The lowest BCUT2D eigenvalue weighted by atomic mass is 9.91. The van der Waals surface area contributed by atoms with Crippen LogP contribution in [-0.4, -0.2) is 6.04 Å². The first-order chi connectivity index (χ1) is 10.1. The molecule has 0 heterocycles. The van der Waals surface area contributed by atoms with Gasteiger partial charge in [-0.05, 0) is 64.4 Å². The van der Waals surface area contributed by atoms with Crippen molar-refractivity contribution in [2.45, 2.75) is 25.3 Å². The molecule has 2 aromatic carbocycles. The highest BCUT2D eigenvalue weighted by atomic mass is 79.9. The van der Waals surface area contributed by atoms with Gasteiger partial charge < -0.3 is 5.73 Å². The Morgan fingerprint density at radius 1 is 1.10 bits per heavy atom. The zero-order chi connectivity index (χ0) is 15.0. The van der Waals surface area contributed by atoms with E-state index in [2.05, 4.69) is 28.1 Å². The molecule has 0 saturated carbocycles. The molecule has 0 radical (unpaired) electrons. The van der Waals surface area contributed by atoms with Gasteiger partial charge in [-0.25, -0.2) is 8.78 Å². The Bertz CT molecular complexity index is 647. The molecule has 21 heavy (non-hydrogen) atoms. The van der Waals surface area contributed by atoms with E-state index in [4.69, 9.17) is 5.73 Å². The molecule has 0 aliphatic heterocycles. The van der Waals surface area contributed by atoms with Gasteiger partial charge in [0, 0.05) is 11.6 Å². The van der Waals surface area contributed by atoms with Gasteiger partial charge in [0.15, 0.2) is 0 Å². The number of rotatable bonds is 3. The van der Waals surface area contributed by atoms with Crippen LogP contribution in [0.5, 0.6) is 0 Å². The van der Waals surface area contributed by atoms with Crippen molar-refractivity contribution in [3.8, 4) is 0 Å². The average molecular weight is 352 g/mol. The summed E-state index contributed by atoms with van der Waals surface area (Å²) >= 11 is 3.09. The zero-order valence-corrected chi connectivity index (χ0v) is 13.0. The number of benzene rings is 2. The second-order valence-electron chi connectivity index (χ2n) is 5.63. The van der Waals surface area contributed by atoms with Crippen molar-refractivity contribution in [1.29, 1.82) is 0 Å². The van der Waals surface area contributed by atoms with E-state index >= 15 is 0 Å². The Labute approximate surface area is 131 Å². The molecule has 1 nitrogen and oxygen atoms in total. The third-order valence-electron chi connectivity index (χ3n) is 4.27. The van der Waals surface area contributed by atoms with Crippen LogP contribution in [-0.2, 0) is 19.3 Å². The number of nitrogens with two attached hydrogens (primary N) is 1. The first-order valence-electron chi connectivity index (χ1n) is 7.01. The van der Waals surface area contributed by atoms with Crippen molar-refractivity contribution in [3.05, 3.63) is 69.2 Å². The summed E-state index contributed by atoms with van der Waals surface area (Å²) in [7, 11) is 0. The van der Waals surface area contributed by atoms with Gasteiger partial charge in [0.1, 0.15) is 11.6 Å². The third kappa shape index (κ3) is 2.87. The molecule has 0 spiro atoms. The van der Waals surface area contributed by atoms with Crippen molar-refractivity contribution in [2.75, 3.05) is 0 Å². The second-order valence-corrected chi connectivity index (χ2v) is 6.48. The Morgan fingerprint density at radius 2 is 1.71 bits per heavy atom. The fraction of sp³-hybridized carbons (Fsp3) is 0.294. The molecule has 4 heteroatoms. The van der Waals surface area contributed by atoms with Crippen LogP contribution >= 0.6 is 15.9 Å². The molecule has 110 valence electrons. The Kier molecular flexibility index (Phi) is 4.09. The SMILES string of the molecule is NC(Cc1c(F)ccc(Br)c1F)C1Cc2ccccc2C1. The summed E-state index contributed by atoms with van der Waals surface area (Å²) in [6.45, 7) is 0. The van der Waals surface area contributed by atoms with E-state index in [9.17, 15) is 8.78 Å². The van der Waals surface area contributed by atoms with Crippen molar-refractivity contribution in [2.24, 2.45) is 11.7 Å². The summed E-state index contributed by atoms with van der Waals surface area (Å²) in [5.74, 6) is -0.831. The molecule has 2 N–H and O–H groups in total. The number of hydrogen-bond acceptors (Lipinski definition) is 1. The Balaban J connectivity index is 1.77. The van der Waals surface area contributed by atoms with E-state index in [1.54, 1.807) is 0 Å². The van der Waals surface area contributed by atoms with E-state index < -0.39 is 11.6 Å². The van der Waals surface area contributed by atoms with Crippen LogP contribution in [0.1, 0.15) is 16.7 Å². The summed E-state index contributed by atoms with van der Waals surface area (Å²) in [5.41, 5.74) is 8.90. The molecule has 0 aromatic heterocycles. The molecular formula is C17H16BrF2N. The van der Waals surface area contributed by atoms with E-state index in [1.165, 1.54) is 23.3 Å². The molecule has 1 aliphatic carbocycles. The second kappa shape index (κ2) is 5.85. The number of hydrogen-bond donors (Lipinski definition) is 1. The van der Waals surface area contributed by atoms with Crippen LogP contribution in [0.2, 0.25) is 0 Å². The van der Waals surface area contributed by atoms with Crippen molar-refractivity contribution >= 4 is 15.9 Å². The maximum atomic E-state index is 14.0. The van der Waals surface area contributed by atoms with Crippen LogP contribution in [0.25, 0.3) is 0 Å². The highest BCUT2D eigenvalue weighted by Gasteiger charge is 2.28. The summed E-state index contributed by atoms with van der Waals surface area (Å²) in [4.78, 5) is 0. The average Bonchev–Trinajstić information content (AvgIpc) is 2.91. The smallest absolute Gasteiger partial charge is 0.143 e. The van der Waals surface area contributed by atoms with Crippen LogP contribution < -0.4 is 5.73 Å². The van der Waals surface area contributed by atoms with Gasteiger partial charge in [-0.2, -0.15) is 0 Å². The normalized spacial score (nSPS) is 16.0. The zero-order valence-electron chi connectivity index (χ0n) is 11.5. The van der Waals surface area contributed by atoms with E-state index in [0.717, 1.165) is 12.8 Å². The fourth-order valence-electron chi connectivity index (χ4n) is 3.05. The molecule has 0 saturated heterocycles. The van der Waals surface area contributed by atoms with Crippen LogP contribution in [0.15, 0.2) is 40.9 Å². The van der Waals surface area contributed by atoms with Crippen LogP contribution in [0, 0.1) is 17.6 Å². The largest absolute Gasteiger partial charge is 0.327 e. The van der Waals surface area contributed by atoms with Crippen LogP contribution in [0.3, 0.4) is 0 Å². The minimum absolute atomic E-state index is 0.0767. The Morgan fingerprint density at radius 3 is 2.33 bits per heavy atom. The maximum Gasteiger partial charge on any atom is 0.143 e. The van der Waals surface area contributed by atoms with E-state index in [0.29, 0.717) is 0 Å². The van der Waals surface area contributed by atoms with Gasteiger partial charge in [0.05, 0.1) is 4.47 Å². The first kappa shape index (κ1) is 14.7. The maximum absolute atomic E-state index is 14.0. The standard InChI is InChI=1S/C17H16BrF2N/c18-14-5-6-15(19)13(17(14)20)9-16(21)12-7-10-3-1-2-4-11(10)8-12/h1-6,12,16H,7-9,21H2. The van der Waals surface area contributed by atoms with Gasteiger partial charge >= 0.3 is 0 Å². The minimum Gasteiger partial charge on any atom is -0.327 e. The predicted octanol–water partition coefficient (Wildman–Crippen LogP) is 4.01. The molecule has 0 amide bonds. The molecule has 1 atom stereocenters. The summed E-state index contributed by atoms with van der Waals surface area (Å²) < 4.78 is 28.1. The first-order valence-corrected chi connectivity index (χ1v) is 7.80. The third-order valence-corrected chi connectivity index (χ3v) is 4.88. The molecule has 0 fully saturated rings. The van der Waals surface area contributed by atoms with Crippen LogP contribution in [0.4, 0.5) is 8.78 Å². The lowest BCUT2D eigenvalue weighted by Gasteiger charge is -2.19. The quantitative estimate of drug-likeness (QED) is 0.830. The predicted molar refractivity (Wildman–Crippen MR) is 83.1 cm³/mol. The summed E-state index contributed by atoms with van der Waals surface area (Å²) in [6.07, 6.45) is 1.99. The molecule has 2 aromatic rings. The molecule has 3 rings (SSSR count). The molecular weight excluding hydrogens is 336 g/mol. The van der Waals surface area contributed by atoms with Gasteiger partial charge in [-0.1, -0.05) is 24.3 Å². The van der Waals surface area contributed by atoms with E-state index in [-0.39, 0.29) is 28.4 Å². The fourth-order valence-corrected chi connectivity index (χ4v) is 3.43. The van der Waals surface area contributed by atoms with E-state index in [1.807, 2.05) is 12.1 Å². The van der Waals surface area contributed by atoms with Gasteiger partial charge in [-0.15, -0.1) is 0 Å². The summed E-state index contributed by atoms with van der Waals surface area (Å²) in [6, 6.07) is 10.6. The van der Waals surface area contributed by atoms with Crippen molar-refractivity contribution in [1.82, 2.24) is 0 Å². The highest BCUT2D eigenvalue weighted by Crippen LogP contribution is 2.30. The topological polar surface area (TPSA) is 26.0 Å². The Hall–Kier alpha value is -1.26. The lowest BCUT2D eigenvalue weighted by Crippen LogP contribution is -2.33. The lowest BCUT2D eigenvalue weighted by molar-refractivity contribution is 0.422. The van der Waals surface area contributed by atoms with Crippen molar-refractivity contribution < 1.29 is 8.78 Å². The van der Waals surface area contributed by atoms with Gasteiger partial charge in [0.2, 0.25) is 0 Å². The molecule has 1 aliphatic rings. The highest BCUT2D eigenvalue weighted by molar-refractivity contribution is 9.10. The van der Waals surface area contributed by atoms with Gasteiger partial charge in [0.25, 0.3) is 0 Å². The molecule has 1 unspecified atom stereocenters. The monoisotopic (exact) mass is 351 g/mol. The van der Waals surface area contributed by atoms with Gasteiger partial charge in [-0.3, -0.25) is 0 Å².